The Morgan fingerprint density at radius 3 is 2.47 bits per heavy atom. The van der Waals surface area contributed by atoms with Crippen molar-refractivity contribution < 1.29 is 0 Å². The number of piperazine rings is 1. The Hall–Kier alpha value is -0.280. The molecule has 1 aromatic carbocycles. The number of rotatable bonds is 4. The molecule has 1 aromatic rings. The zero-order valence-electron chi connectivity index (χ0n) is 11.9. The Balaban J connectivity index is 0.00000162. The van der Waals surface area contributed by atoms with Gasteiger partial charge in [0, 0.05) is 32.2 Å². The third-order valence-corrected chi connectivity index (χ3v) is 3.58. The minimum absolute atomic E-state index is 0. The molecule has 19 heavy (non-hydrogen) atoms. The van der Waals surface area contributed by atoms with Gasteiger partial charge in [0.25, 0.3) is 0 Å². The van der Waals surface area contributed by atoms with Crippen molar-refractivity contribution in [3.63, 3.8) is 0 Å². The van der Waals surface area contributed by atoms with Crippen molar-refractivity contribution in [1.82, 2.24) is 10.2 Å². The summed E-state index contributed by atoms with van der Waals surface area (Å²) in [5, 5.41) is 3.43. The van der Waals surface area contributed by atoms with E-state index in [0.717, 1.165) is 13.1 Å². The van der Waals surface area contributed by atoms with Crippen LogP contribution in [0, 0.1) is 6.92 Å². The number of nitrogens with zero attached hydrogens (tertiary/aromatic N) is 1. The van der Waals surface area contributed by atoms with Crippen molar-refractivity contribution in [2.45, 2.75) is 32.7 Å². The van der Waals surface area contributed by atoms with E-state index in [1.807, 2.05) is 0 Å². The van der Waals surface area contributed by atoms with Gasteiger partial charge in [0.15, 0.2) is 0 Å². The van der Waals surface area contributed by atoms with Crippen LogP contribution in [0.1, 0.15) is 36.9 Å². The molecule has 2 nitrogen and oxygen atoms in total. The van der Waals surface area contributed by atoms with Crippen molar-refractivity contribution >= 4 is 24.8 Å². The maximum absolute atomic E-state index is 3.43. The lowest BCUT2D eigenvalue weighted by atomic mass is 9.98. The van der Waals surface area contributed by atoms with Crippen LogP contribution in [0.25, 0.3) is 0 Å². The van der Waals surface area contributed by atoms with Crippen LogP contribution < -0.4 is 5.32 Å². The van der Waals surface area contributed by atoms with E-state index in [-0.39, 0.29) is 24.8 Å². The Labute approximate surface area is 129 Å². The molecule has 0 aromatic heterocycles. The summed E-state index contributed by atoms with van der Waals surface area (Å²) in [4.78, 5) is 2.63. The molecule has 0 amide bonds. The van der Waals surface area contributed by atoms with Crippen LogP contribution >= 0.6 is 24.8 Å². The molecule has 0 bridgehead atoms. The van der Waals surface area contributed by atoms with E-state index < -0.39 is 0 Å². The molecule has 0 spiro atoms. The van der Waals surface area contributed by atoms with Gasteiger partial charge in [0.1, 0.15) is 0 Å². The van der Waals surface area contributed by atoms with Crippen molar-refractivity contribution in [3.8, 4) is 0 Å². The Bertz CT molecular complexity index is 352. The first-order valence-electron chi connectivity index (χ1n) is 6.82. The molecule has 1 fully saturated rings. The minimum atomic E-state index is 0. The van der Waals surface area contributed by atoms with Crippen molar-refractivity contribution in [2.24, 2.45) is 0 Å². The highest BCUT2D eigenvalue weighted by atomic mass is 35.5. The van der Waals surface area contributed by atoms with Crippen molar-refractivity contribution in [3.05, 3.63) is 35.4 Å². The van der Waals surface area contributed by atoms with E-state index in [0.29, 0.717) is 6.04 Å². The second-order valence-electron chi connectivity index (χ2n) is 5.00. The average molecular weight is 305 g/mol. The van der Waals surface area contributed by atoms with Gasteiger partial charge in [-0.05, 0) is 18.9 Å². The molecule has 0 unspecified atom stereocenters. The Morgan fingerprint density at radius 1 is 1.21 bits per heavy atom. The number of aryl methyl sites for hydroxylation is 1. The molecule has 0 aliphatic carbocycles. The molecule has 1 aliphatic heterocycles. The van der Waals surface area contributed by atoms with Gasteiger partial charge in [0.05, 0.1) is 0 Å². The summed E-state index contributed by atoms with van der Waals surface area (Å²) in [6.07, 6.45) is 2.52. The van der Waals surface area contributed by atoms with Gasteiger partial charge in [-0.15, -0.1) is 24.8 Å². The van der Waals surface area contributed by atoms with Crippen LogP contribution in [0.2, 0.25) is 0 Å². The second kappa shape index (κ2) is 9.60. The van der Waals surface area contributed by atoms with E-state index in [4.69, 9.17) is 0 Å². The van der Waals surface area contributed by atoms with Crippen LogP contribution in [0.15, 0.2) is 24.3 Å². The fourth-order valence-corrected chi connectivity index (χ4v) is 2.70. The van der Waals surface area contributed by atoms with Crippen molar-refractivity contribution in [1.29, 1.82) is 0 Å². The Morgan fingerprint density at radius 2 is 1.89 bits per heavy atom. The molecule has 2 rings (SSSR count). The highest BCUT2D eigenvalue weighted by molar-refractivity contribution is 5.85. The molecule has 0 radical (unpaired) electrons. The fraction of sp³-hybridized carbons (Fsp3) is 0.600. The van der Waals surface area contributed by atoms with Gasteiger partial charge in [-0.3, -0.25) is 4.90 Å². The van der Waals surface area contributed by atoms with Gasteiger partial charge < -0.3 is 5.32 Å². The predicted molar refractivity (Wildman–Crippen MR) is 87.8 cm³/mol. The van der Waals surface area contributed by atoms with E-state index in [9.17, 15) is 0 Å². The van der Waals surface area contributed by atoms with E-state index in [1.165, 1.54) is 37.1 Å². The minimum Gasteiger partial charge on any atom is -0.314 e. The molecule has 4 heteroatoms. The van der Waals surface area contributed by atoms with E-state index in [2.05, 4.69) is 48.3 Å². The molecular formula is C15H26Cl2N2. The standard InChI is InChI=1S/C15H24N2.2ClH/c1-3-5-15(17-10-8-16-9-11-17)14-7-4-6-13(2)12-14;;/h4,6-7,12,15-16H,3,5,8-11H2,1-2H3;2*1H/t15-;;/m1../s1. The fourth-order valence-electron chi connectivity index (χ4n) is 2.70. The highest BCUT2D eigenvalue weighted by Crippen LogP contribution is 2.26. The first-order chi connectivity index (χ1) is 8.31. The van der Waals surface area contributed by atoms with Gasteiger partial charge in [-0.1, -0.05) is 43.2 Å². The maximum Gasteiger partial charge on any atom is 0.0349 e. The summed E-state index contributed by atoms with van der Waals surface area (Å²) < 4.78 is 0. The lowest BCUT2D eigenvalue weighted by Gasteiger charge is -2.35. The summed E-state index contributed by atoms with van der Waals surface area (Å²) in [5.41, 5.74) is 2.87. The van der Waals surface area contributed by atoms with Crippen LogP contribution in [0.4, 0.5) is 0 Å². The number of benzene rings is 1. The highest BCUT2D eigenvalue weighted by Gasteiger charge is 2.21. The van der Waals surface area contributed by atoms with Crippen LogP contribution in [-0.4, -0.2) is 31.1 Å². The van der Waals surface area contributed by atoms with Gasteiger partial charge in [-0.25, -0.2) is 0 Å². The van der Waals surface area contributed by atoms with Crippen LogP contribution in [0.3, 0.4) is 0 Å². The molecule has 110 valence electrons. The first kappa shape index (κ1) is 18.7. The average Bonchev–Trinajstić information content (AvgIpc) is 2.37. The largest absolute Gasteiger partial charge is 0.314 e. The van der Waals surface area contributed by atoms with Crippen LogP contribution in [0.5, 0.6) is 0 Å². The topological polar surface area (TPSA) is 15.3 Å². The number of hydrogen-bond acceptors (Lipinski definition) is 2. The molecule has 1 saturated heterocycles. The number of nitrogens with one attached hydrogen (secondary N) is 1. The monoisotopic (exact) mass is 304 g/mol. The molecule has 1 atom stereocenters. The van der Waals surface area contributed by atoms with Crippen LogP contribution in [-0.2, 0) is 0 Å². The van der Waals surface area contributed by atoms with E-state index >= 15 is 0 Å². The maximum atomic E-state index is 3.43. The Kier molecular flexibility index (Phi) is 9.46. The zero-order chi connectivity index (χ0) is 12.1. The van der Waals surface area contributed by atoms with Gasteiger partial charge in [0.2, 0.25) is 0 Å². The molecule has 1 heterocycles. The summed E-state index contributed by atoms with van der Waals surface area (Å²) in [7, 11) is 0. The summed E-state index contributed by atoms with van der Waals surface area (Å²) in [5.74, 6) is 0. The van der Waals surface area contributed by atoms with Crippen molar-refractivity contribution in [2.75, 3.05) is 26.2 Å². The smallest absolute Gasteiger partial charge is 0.0349 e. The third-order valence-electron chi connectivity index (χ3n) is 3.58. The second-order valence-corrected chi connectivity index (χ2v) is 5.00. The van der Waals surface area contributed by atoms with Gasteiger partial charge >= 0.3 is 0 Å². The third kappa shape index (κ3) is 5.31. The predicted octanol–water partition coefficient (Wildman–Crippen LogP) is 3.59. The SMILES string of the molecule is CCC[C@H](c1cccc(C)c1)N1CCNCC1.Cl.Cl. The summed E-state index contributed by atoms with van der Waals surface area (Å²) in [6.45, 7) is 9.09. The normalized spacial score (nSPS) is 17.2. The van der Waals surface area contributed by atoms with Gasteiger partial charge in [-0.2, -0.15) is 0 Å². The number of hydrogen-bond donors (Lipinski definition) is 1. The zero-order valence-corrected chi connectivity index (χ0v) is 13.5. The molecule has 0 saturated carbocycles. The molecular weight excluding hydrogens is 279 g/mol. The molecule has 1 aliphatic rings. The quantitative estimate of drug-likeness (QED) is 0.914. The molecule has 1 N–H and O–H groups in total. The lowest BCUT2D eigenvalue weighted by Crippen LogP contribution is -2.45. The number of halogens is 2. The summed E-state index contributed by atoms with van der Waals surface area (Å²) >= 11 is 0. The van der Waals surface area contributed by atoms with E-state index in [1.54, 1.807) is 0 Å². The lowest BCUT2D eigenvalue weighted by molar-refractivity contribution is 0.164. The summed E-state index contributed by atoms with van der Waals surface area (Å²) in [6, 6.07) is 9.62. The first-order valence-corrected chi connectivity index (χ1v) is 6.82.